The van der Waals surface area contributed by atoms with Gasteiger partial charge in [-0.25, -0.2) is 9.97 Å². The molecule has 39 heavy (non-hydrogen) atoms. The number of aryl methyl sites for hydroxylation is 1. The molecular weight excluding hydrogens is 533 g/mol. The highest BCUT2D eigenvalue weighted by Crippen LogP contribution is 2.44. The Morgan fingerprint density at radius 1 is 1.13 bits per heavy atom. The van der Waals surface area contributed by atoms with Crippen LogP contribution in [0.3, 0.4) is 0 Å². The van der Waals surface area contributed by atoms with Crippen molar-refractivity contribution in [2.45, 2.75) is 50.9 Å². The van der Waals surface area contributed by atoms with E-state index < -0.39 is 17.7 Å². The number of hydrogen-bond donors (Lipinski definition) is 1. The number of aromatic nitrogens is 3. The number of rotatable bonds is 6. The summed E-state index contributed by atoms with van der Waals surface area (Å²) in [5, 5.41) is 13.5. The van der Waals surface area contributed by atoms with Crippen LogP contribution in [0.25, 0.3) is 10.9 Å². The molecule has 11 heteroatoms. The molecule has 7 nitrogen and oxygen atoms in total. The third-order valence-corrected chi connectivity index (χ3v) is 8.90. The van der Waals surface area contributed by atoms with Gasteiger partial charge in [0.25, 0.3) is 0 Å². The van der Waals surface area contributed by atoms with Crippen LogP contribution in [0.1, 0.15) is 48.3 Å². The number of pyridine rings is 1. The van der Waals surface area contributed by atoms with Crippen LogP contribution in [0.2, 0.25) is 5.02 Å². The van der Waals surface area contributed by atoms with E-state index in [1.54, 1.807) is 6.20 Å². The molecule has 2 fully saturated rings. The minimum absolute atomic E-state index is 0.0524. The molecule has 1 N–H and O–H groups in total. The molecule has 0 spiro atoms. The van der Waals surface area contributed by atoms with Crippen LogP contribution in [0.4, 0.5) is 13.2 Å². The number of hydrogen-bond acceptors (Lipinski definition) is 6. The summed E-state index contributed by atoms with van der Waals surface area (Å²) in [5.41, 5.74) is 1.26. The molecule has 212 valence electrons. The van der Waals surface area contributed by atoms with Gasteiger partial charge >= 0.3 is 6.18 Å². The summed E-state index contributed by atoms with van der Waals surface area (Å²) in [7, 11) is 3.40. The van der Waals surface area contributed by atoms with Crippen LogP contribution in [-0.2, 0) is 23.9 Å². The quantitative estimate of drug-likeness (QED) is 0.432. The van der Waals surface area contributed by atoms with Crippen molar-refractivity contribution in [2.75, 3.05) is 33.4 Å². The number of imidazole rings is 1. The summed E-state index contributed by atoms with van der Waals surface area (Å²) in [4.78, 5) is 11.1. The fourth-order valence-corrected chi connectivity index (χ4v) is 6.28. The molecule has 2 aliphatic heterocycles. The molecule has 2 saturated heterocycles. The molecule has 0 bridgehead atoms. The molecule has 0 amide bonds. The van der Waals surface area contributed by atoms with Gasteiger partial charge in [-0.05, 0) is 63.4 Å². The lowest BCUT2D eigenvalue weighted by Crippen LogP contribution is -2.41. The Balaban J connectivity index is 1.54. The van der Waals surface area contributed by atoms with Crippen LogP contribution in [0, 0.1) is 18.8 Å². The van der Waals surface area contributed by atoms with E-state index in [0.717, 1.165) is 5.82 Å². The maximum Gasteiger partial charge on any atom is 0.391 e. The normalized spacial score (nSPS) is 19.9. The predicted octanol–water partition coefficient (Wildman–Crippen LogP) is 5.38. The summed E-state index contributed by atoms with van der Waals surface area (Å²) in [6.07, 6.45) is -0.971. The fraction of sp³-hybridized carbons (Fsp3) is 0.571. The van der Waals surface area contributed by atoms with Crippen LogP contribution in [0.5, 0.6) is 5.88 Å². The molecule has 2 aromatic heterocycles. The maximum absolute atomic E-state index is 13.2. The van der Waals surface area contributed by atoms with Crippen LogP contribution < -0.4 is 4.74 Å². The third-order valence-electron chi connectivity index (χ3n) is 8.47. The highest BCUT2D eigenvalue weighted by Gasteiger charge is 2.44. The van der Waals surface area contributed by atoms with Gasteiger partial charge in [-0.15, -0.1) is 0 Å². The second-order valence-electron chi connectivity index (χ2n) is 10.6. The number of fused-ring (bicyclic) bond motifs is 1. The molecular formula is C28H34ClF3N4O3. The van der Waals surface area contributed by atoms with E-state index >= 15 is 0 Å². The van der Waals surface area contributed by atoms with E-state index in [2.05, 4.69) is 9.97 Å². The number of nitrogens with zero attached hydrogens (tertiary/aromatic N) is 4. The number of ether oxygens (including phenoxy) is 2. The zero-order chi connectivity index (χ0) is 27.9. The number of benzene rings is 1. The molecule has 0 saturated carbocycles. The summed E-state index contributed by atoms with van der Waals surface area (Å²) < 4.78 is 52.5. The second kappa shape index (κ2) is 10.9. The summed E-state index contributed by atoms with van der Waals surface area (Å²) in [6.45, 7) is 3.96. The highest BCUT2D eigenvalue weighted by molar-refractivity contribution is 6.36. The van der Waals surface area contributed by atoms with Crippen molar-refractivity contribution in [1.82, 2.24) is 19.4 Å². The van der Waals surface area contributed by atoms with Gasteiger partial charge in [0, 0.05) is 43.7 Å². The molecule has 1 aromatic carbocycles. The summed E-state index contributed by atoms with van der Waals surface area (Å²) >= 11 is 6.99. The van der Waals surface area contributed by atoms with E-state index in [0.29, 0.717) is 84.3 Å². The topological polar surface area (TPSA) is 72.6 Å². The second-order valence-corrected chi connectivity index (χ2v) is 11.0. The van der Waals surface area contributed by atoms with Gasteiger partial charge in [-0.2, -0.15) is 13.2 Å². The number of halogens is 4. The zero-order valence-electron chi connectivity index (χ0n) is 22.4. The smallest absolute Gasteiger partial charge is 0.391 e. The molecule has 3 aromatic rings. The van der Waals surface area contributed by atoms with Gasteiger partial charge in [-0.3, -0.25) is 4.90 Å². The fourth-order valence-electron chi connectivity index (χ4n) is 5.99. The van der Waals surface area contributed by atoms with Gasteiger partial charge in [0.2, 0.25) is 5.88 Å². The monoisotopic (exact) mass is 566 g/mol. The number of aliphatic hydroxyl groups is 1. The van der Waals surface area contributed by atoms with Crippen molar-refractivity contribution < 1.29 is 27.8 Å². The molecule has 0 aliphatic carbocycles. The van der Waals surface area contributed by atoms with E-state index in [-0.39, 0.29) is 18.8 Å². The van der Waals surface area contributed by atoms with Crippen molar-refractivity contribution in [3.8, 4) is 5.88 Å². The number of alkyl halides is 3. The average molecular weight is 567 g/mol. The lowest BCUT2D eigenvalue weighted by Gasteiger charge is -2.39. The largest absolute Gasteiger partial charge is 0.481 e. The Morgan fingerprint density at radius 3 is 2.41 bits per heavy atom. The van der Waals surface area contributed by atoms with E-state index in [1.165, 1.54) is 7.11 Å². The Kier molecular flexibility index (Phi) is 7.85. The van der Waals surface area contributed by atoms with Crippen molar-refractivity contribution in [1.29, 1.82) is 0 Å². The predicted molar refractivity (Wildman–Crippen MR) is 142 cm³/mol. The van der Waals surface area contributed by atoms with Gasteiger partial charge in [-0.1, -0.05) is 17.7 Å². The zero-order valence-corrected chi connectivity index (χ0v) is 23.1. The first kappa shape index (κ1) is 28.1. The molecule has 0 radical (unpaired) electrons. The number of methoxy groups -OCH3 is 1. The highest BCUT2D eigenvalue weighted by atomic mass is 35.5. The van der Waals surface area contributed by atoms with Crippen LogP contribution in [-0.4, -0.2) is 64.1 Å². The lowest BCUT2D eigenvalue weighted by atomic mass is 9.74. The first-order valence-electron chi connectivity index (χ1n) is 13.3. The summed E-state index contributed by atoms with van der Waals surface area (Å²) in [5.74, 6) is -0.239. The van der Waals surface area contributed by atoms with E-state index in [9.17, 15) is 18.3 Å². The van der Waals surface area contributed by atoms with E-state index in [1.807, 2.05) is 41.6 Å². The van der Waals surface area contributed by atoms with E-state index in [4.69, 9.17) is 21.1 Å². The molecule has 1 unspecified atom stereocenters. The van der Waals surface area contributed by atoms with Gasteiger partial charge in [0.15, 0.2) is 0 Å². The maximum atomic E-state index is 13.2. The van der Waals surface area contributed by atoms with Crippen LogP contribution in [0.15, 0.2) is 24.4 Å². The van der Waals surface area contributed by atoms with Crippen molar-refractivity contribution in [3.05, 3.63) is 52.1 Å². The first-order chi connectivity index (χ1) is 18.5. The summed E-state index contributed by atoms with van der Waals surface area (Å²) in [6, 6.07) is 5.57. The van der Waals surface area contributed by atoms with Gasteiger partial charge in [0.05, 0.1) is 35.5 Å². The standard InChI is InChI=1S/C28H34ClF3N4O3/c1-17-33-15-24(35(17)2)27(37,18-8-12-39-13-9-18)20-4-5-23-21(14-20)25(29)22(26(34-23)38-3)16-36-10-6-19(7-11-36)28(30,31)32/h4-5,14-15,18-19,37H,6-13,16H2,1-3H3. The van der Waals surface area contributed by atoms with Gasteiger partial charge < -0.3 is 19.1 Å². The Hall–Kier alpha value is -2.40. The molecule has 1 atom stereocenters. The van der Waals surface area contributed by atoms with Crippen molar-refractivity contribution >= 4 is 22.5 Å². The third kappa shape index (κ3) is 5.24. The first-order valence-corrected chi connectivity index (χ1v) is 13.7. The number of piperidine rings is 1. The van der Waals surface area contributed by atoms with Gasteiger partial charge in [0.1, 0.15) is 11.4 Å². The lowest BCUT2D eigenvalue weighted by molar-refractivity contribution is -0.185. The minimum Gasteiger partial charge on any atom is -0.481 e. The Morgan fingerprint density at radius 2 is 1.82 bits per heavy atom. The Bertz CT molecular complexity index is 1330. The molecule has 5 rings (SSSR count). The molecule has 2 aliphatic rings. The number of likely N-dealkylation sites (tertiary alicyclic amines) is 1. The SMILES string of the molecule is COc1nc2ccc(C(O)(c3cnc(C)n3C)C3CCOCC3)cc2c(Cl)c1CN1CCC(C(F)(F)F)CC1. The van der Waals surface area contributed by atoms with Crippen molar-refractivity contribution in [2.24, 2.45) is 18.9 Å². The Labute approximate surface area is 230 Å². The average Bonchev–Trinajstić information content (AvgIpc) is 3.27. The van der Waals surface area contributed by atoms with Crippen LogP contribution >= 0.6 is 11.6 Å². The minimum atomic E-state index is -4.17. The van der Waals surface area contributed by atoms with Crippen molar-refractivity contribution in [3.63, 3.8) is 0 Å². The molecule has 4 heterocycles.